The van der Waals surface area contributed by atoms with Gasteiger partial charge >= 0.3 is 5.97 Å². The van der Waals surface area contributed by atoms with Crippen LogP contribution in [0.2, 0.25) is 0 Å². The number of methoxy groups -OCH3 is 1. The quantitative estimate of drug-likeness (QED) is 0.900. The highest BCUT2D eigenvalue weighted by Crippen LogP contribution is 2.25. The summed E-state index contributed by atoms with van der Waals surface area (Å²) in [4.78, 5) is 17.7. The maximum absolute atomic E-state index is 11.3. The van der Waals surface area contributed by atoms with Crippen molar-refractivity contribution in [3.8, 4) is 0 Å². The van der Waals surface area contributed by atoms with Gasteiger partial charge < -0.3 is 14.7 Å². The zero-order valence-corrected chi connectivity index (χ0v) is 11.4. The fourth-order valence-electron chi connectivity index (χ4n) is 2.50. The lowest BCUT2D eigenvalue weighted by Crippen LogP contribution is -2.36. The zero-order valence-electron chi connectivity index (χ0n) is 11.4. The van der Waals surface area contributed by atoms with Crippen molar-refractivity contribution in [3.63, 3.8) is 0 Å². The number of piperidine rings is 1. The Bertz CT molecular complexity index is 454. The molecule has 1 N–H and O–H groups in total. The van der Waals surface area contributed by atoms with E-state index in [2.05, 4.69) is 9.88 Å². The maximum Gasteiger partial charge on any atom is 0.339 e. The average molecular weight is 264 g/mol. The molecule has 0 aliphatic carbocycles. The summed E-state index contributed by atoms with van der Waals surface area (Å²) in [6, 6.07) is 3.38. The fourth-order valence-corrected chi connectivity index (χ4v) is 2.50. The summed E-state index contributed by atoms with van der Waals surface area (Å²) in [6.07, 6.45) is 2.03. The molecule has 0 spiro atoms. The molecule has 1 fully saturated rings. The van der Waals surface area contributed by atoms with Crippen molar-refractivity contribution in [2.24, 2.45) is 5.92 Å². The summed E-state index contributed by atoms with van der Waals surface area (Å²) in [5.74, 6) is 0.254. The van der Waals surface area contributed by atoms with Crippen LogP contribution in [0.5, 0.6) is 0 Å². The normalized spacial score (nSPS) is 16.6. The van der Waals surface area contributed by atoms with Gasteiger partial charge in [0.15, 0.2) is 0 Å². The molecule has 0 saturated carbocycles. The van der Waals surface area contributed by atoms with Crippen LogP contribution in [0.4, 0.5) is 5.82 Å². The van der Waals surface area contributed by atoms with Gasteiger partial charge in [-0.1, -0.05) is 0 Å². The highest BCUT2D eigenvalue weighted by Gasteiger charge is 2.23. The van der Waals surface area contributed by atoms with Crippen LogP contribution in [-0.4, -0.2) is 42.9 Å². The Labute approximate surface area is 113 Å². The van der Waals surface area contributed by atoms with E-state index >= 15 is 0 Å². The van der Waals surface area contributed by atoms with Gasteiger partial charge in [-0.3, -0.25) is 0 Å². The fraction of sp³-hybridized carbons (Fsp3) is 0.571. The summed E-state index contributed by atoms with van der Waals surface area (Å²) < 4.78 is 5.18. The van der Waals surface area contributed by atoms with E-state index < -0.39 is 5.97 Å². The molecule has 0 radical (unpaired) electrons. The monoisotopic (exact) mass is 264 g/mol. The van der Waals surface area contributed by atoms with E-state index in [-0.39, 0.29) is 5.56 Å². The van der Waals surface area contributed by atoms with Crippen LogP contribution in [0.3, 0.4) is 0 Å². The molecule has 0 bridgehead atoms. The van der Waals surface area contributed by atoms with Crippen LogP contribution in [0, 0.1) is 12.8 Å². The third-order valence-corrected chi connectivity index (χ3v) is 3.56. The molecule has 0 atom stereocenters. The van der Waals surface area contributed by atoms with Crippen molar-refractivity contribution in [3.05, 3.63) is 23.4 Å². The lowest BCUT2D eigenvalue weighted by Gasteiger charge is -2.33. The highest BCUT2D eigenvalue weighted by atomic mass is 16.5. The number of anilines is 1. The number of hydrogen-bond acceptors (Lipinski definition) is 4. The number of carboxylic acids is 1. The minimum atomic E-state index is -0.915. The summed E-state index contributed by atoms with van der Waals surface area (Å²) in [5.41, 5.74) is 1.13. The van der Waals surface area contributed by atoms with E-state index in [1.807, 2.05) is 6.92 Å². The van der Waals surface area contributed by atoms with E-state index in [9.17, 15) is 9.90 Å². The van der Waals surface area contributed by atoms with Gasteiger partial charge in [-0.25, -0.2) is 9.78 Å². The Hall–Kier alpha value is -1.62. The molecule has 0 amide bonds. The summed E-state index contributed by atoms with van der Waals surface area (Å²) >= 11 is 0. The lowest BCUT2D eigenvalue weighted by molar-refractivity contribution is 0.0697. The van der Waals surface area contributed by atoms with Gasteiger partial charge in [-0.05, 0) is 37.8 Å². The smallest absolute Gasteiger partial charge is 0.339 e. The molecule has 19 heavy (non-hydrogen) atoms. The van der Waals surface area contributed by atoms with Crippen LogP contribution < -0.4 is 4.90 Å². The summed E-state index contributed by atoms with van der Waals surface area (Å²) in [6.45, 7) is 4.34. The SMILES string of the molecule is COCC1CCN(c2nc(C)ccc2C(=O)O)CC1. The second kappa shape index (κ2) is 6.02. The molecule has 2 heterocycles. The number of hydrogen-bond donors (Lipinski definition) is 1. The average Bonchev–Trinajstić information content (AvgIpc) is 2.39. The molecule has 1 aromatic heterocycles. The number of aromatic carboxylic acids is 1. The van der Waals surface area contributed by atoms with Gasteiger partial charge in [0.2, 0.25) is 0 Å². The van der Waals surface area contributed by atoms with Gasteiger partial charge in [0.1, 0.15) is 11.4 Å². The number of aryl methyl sites for hydroxylation is 1. The van der Waals surface area contributed by atoms with E-state index in [4.69, 9.17) is 4.74 Å². The zero-order chi connectivity index (χ0) is 13.8. The Morgan fingerprint density at radius 1 is 1.47 bits per heavy atom. The first-order valence-electron chi connectivity index (χ1n) is 6.56. The Morgan fingerprint density at radius 2 is 2.16 bits per heavy atom. The van der Waals surface area contributed by atoms with Gasteiger partial charge in [0, 0.05) is 32.5 Å². The lowest BCUT2D eigenvalue weighted by atomic mass is 9.97. The van der Waals surface area contributed by atoms with E-state index in [1.165, 1.54) is 0 Å². The number of carboxylic acid groups (broad SMARTS) is 1. The van der Waals surface area contributed by atoms with Crippen molar-refractivity contribution < 1.29 is 14.6 Å². The molecule has 1 aromatic rings. The first kappa shape index (κ1) is 13.8. The van der Waals surface area contributed by atoms with Gasteiger partial charge in [0.25, 0.3) is 0 Å². The number of ether oxygens (including phenoxy) is 1. The maximum atomic E-state index is 11.3. The van der Waals surface area contributed by atoms with Crippen molar-refractivity contribution in [2.45, 2.75) is 19.8 Å². The van der Waals surface area contributed by atoms with Crippen molar-refractivity contribution in [1.82, 2.24) is 4.98 Å². The molecule has 5 nitrogen and oxygen atoms in total. The first-order valence-corrected chi connectivity index (χ1v) is 6.56. The number of nitrogens with zero attached hydrogens (tertiary/aromatic N) is 2. The topological polar surface area (TPSA) is 62.7 Å². The number of pyridine rings is 1. The van der Waals surface area contributed by atoms with E-state index in [0.29, 0.717) is 11.7 Å². The first-order chi connectivity index (χ1) is 9.11. The van der Waals surface area contributed by atoms with Crippen LogP contribution in [0.25, 0.3) is 0 Å². The number of aromatic nitrogens is 1. The molecule has 5 heteroatoms. The third kappa shape index (κ3) is 3.23. The second-order valence-electron chi connectivity index (χ2n) is 5.01. The van der Waals surface area contributed by atoms with E-state index in [0.717, 1.165) is 38.2 Å². The molecule has 1 saturated heterocycles. The molecule has 2 rings (SSSR count). The molecule has 1 aliphatic rings. The van der Waals surface area contributed by atoms with Gasteiger partial charge in [0.05, 0.1) is 0 Å². The third-order valence-electron chi connectivity index (χ3n) is 3.56. The summed E-state index contributed by atoms with van der Waals surface area (Å²) in [7, 11) is 1.72. The van der Waals surface area contributed by atoms with Gasteiger partial charge in [-0.2, -0.15) is 0 Å². The molecule has 0 unspecified atom stereocenters. The Morgan fingerprint density at radius 3 is 2.74 bits per heavy atom. The van der Waals surface area contributed by atoms with Crippen LogP contribution >= 0.6 is 0 Å². The Kier molecular flexibility index (Phi) is 4.37. The summed E-state index contributed by atoms with van der Waals surface area (Å²) in [5, 5.41) is 9.24. The molecule has 1 aliphatic heterocycles. The number of carbonyl (C=O) groups is 1. The van der Waals surface area contributed by atoms with Crippen molar-refractivity contribution in [2.75, 3.05) is 31.7 Å². The molecular weight excluding hydrogens is 244 g/mol. The minimum absolute atomic E-state index is 0.288. The van der Waals surface area contributed by atoms with E-state index in [1.54, 1.807) is 19.2 Å². The molecular formula is C14H20N2O3. The largest absolute Gasteiger partial charge is 0.478 e. The standard InChI is InChI=1S/C14H20N2O3/c1-10-3-4-12(14(17)18)13(15-10)16-7-5-11(6-8-16)9-19-2/h3-4,11H,5-9H2,1-2H3,(H,17,18). The minimum Gasteiger partial charge on any atom is -0.478 e. The van der Waals surface area contributed by atoms with Crippen LogP contribution in [-0.2, 0) is 4.74 Å². The van der Waals surface area contributed by atoms with Crippen molar-refractivity contribution in [1.29, 1.82) is 0 Å². The Balaban J connectivity index is 2.14. The van der Waals surface area contributed by atoms with Crippen LogP contribution in [0.1, 0.15) is 28.9 Å². The van der Waals surface area contributed by atoms with Crippen molar-refractivity contribution >= 4 is 11.8 Å². The van der Waals surface area contributed by atoms with Crippen LogP contribution in [0.15, 0.2) is 12.1 Å². The highest BCUT2D eigenvalue weighted by molar-refractivity contribution is 5.93. The van der Waals surface area contributed by atoms with Gasteiger partial charge in [-0.15, -0.1) is 0 Å². The predicted octanol–water partition coefficient (Wildman–Crippen LogP) is 1.95. The predicted molar refractivity (Wildman–Crippen MR) is 72.7 cm³/mol. The molecule has 0 aromatic carbocycles. The molecule has 104 valence electrons. The second-order valence-corrected chi connectivity index (χ2v) is 5.01. The number of rotatable bonds is 4.